The highest BCUT2D eigenvalue weighted by molar-refractivity contribution is 6.07. The molecule has 1 aliphatic carbocycles. The summed E-state index contributed by atoms with van der Waals surface area (Å²) in [4.78, 5) is 23.5. The van der Waals surface area contributed by atoms with Crippen molar-refractivity contribution in [3.8, 4) is 0 Å². The zero-order chi connectivity index (χ0) is 20.7. The van der Waals surface area contributed by atoms with Crippen LogP contribution in [-0.2, 0) is 6.54 Å². The van der Waals surface area contributed by atoms with E-state index in [-0.39, 0.29) is 24.4 Å². The summed E-state index contributed by atoms with van der Waals surface area (Å²) in [5.74, 6) is -0.00277. The summed E-state index contributed by atoms with van der Waals surface area (Å²) in [7, 11) is 4.16. The van der Waals surface area contributed by atoms with Gasteiger partial charge in [0.1, 0.15) is 11.6 Å². The molecule has 2 N–H and O–H groups in total. The van der Waals surface area contributed by atoms with E-state index in [1.807, 2.05) is 17.9 Å². The van der Waals surface area contributed by atoms with E-state index in [4.69, 9.17) is 5.73 Å². The van der Waals surface area contributed by atoms with E-state index in [0.717, 1.165) is 42.5 Å². The first-order valence-electron chi connectivity index (χ1n) is 10.1. The first kappa shape index (κ1) is 19.6. The highest BCUT2D eigenvalue weighted by atomic mass is 19.1. The lowest BCUT2D eigenvalue weighted by Crippen LogP contribution is -2.54. The second kappa shape index (κ2) is 7.63. The van der Waals surface area contributed by atoms with Crippen LogP contribution in [0.5, 0.6) is 0 Å². The van der Waals surface area contributed by atoms with Gasteiger partial charge in [-0.3, -0.25) is 9.80 Å². The lowest BCUT2D eigenvalue weighted by atomic mass is 9.88. The maximum Gasteiger partial charge on any atom is 0.329 e. The van der Waals surface area contributed by atoms with Crippen LogP contribution in [0, 0.1) is 12.7 Å². The van der Waals surface area contributed by atoms with Crippen LogP contribution >= 0.6 is 0 Å². The highest BCUT2D eigenvalue weighted by Crippen LogP contribution is 2.39. The van der Waals surface area contributed by atoms with Crippen molar-refractivity contribution in [3.05, 3.63) is 47.4 Å². The number of rotatable bonds is 3. The number of nitrogen functional groups attached to an aromatic ring is 1. The molecular formula is C22H28FN5O. The zero-order valence-corrected chi connectivity index (χ0v) is 17.2. The Bertz CT molecular complexity index is 911. The van der Waals surface area contributed by atoms with Gasteiger partial charge in [-0.25, -0.2) is 14.2 Å². The monoisotopic (exact) mass is 397 g/mol. The van der Waals surface area contributed by atoms with E-state index in [1.165, 1.54) is 6.07 Å². The van der Waals surface area contributed by atoms with Crippen LogP contribution in [0.15, 0.2) is 30.5 Å². The number of para-hydroxylation sites is 1. The van der Waals surface area contributed by atoms with Gasteiger partial charge in [-0.15, -0.1) is 0 Å². The Morgan fingerprint density at radius 2 is 2.07 bits per heavy atom. The van der Waals surface area contributed by atoms with E-state index in [2.05, 4.69) is 24.0 Å². The fraction of sp³-hybridized carbons (Fsp3) is 0.455. The molecule has 0 saturated heterocycles. The SMILES string of the molecule is Cc1cccc(F)c1N1Cc2cnc(N)cc2N([C@H]2CCC[C@@H](N(C)C)C2)C1=O. The molecule has 2 heterocycles. The average molecular weight is 397 g/mol. The minimum absolute atomic E-state index is 0.0408. The number of amides is 2. The number of fused-ring (bicyclic) bond motifs is 1. The number of carbonyl (C=O) groups excluding carboxylic acids is 1. The van der Waals surface area contributed by atoms with Crippen LogP contribution in [0.3, 0.4) is 0 Å². The molecule has 6 nitrogen and oxygen atoms in total. The fourth-order valence-electron chi connectivity index (χ4n) is 4.64. The van der Waals surface area contributed by atoms with Gasteiger partial charge < -0.3 is 10.6 Å². The summed E-state index contributed by atoms with van der Waals surface area (Å²) in [6.07, 6.45) is 5.67. The number of anilines is 3. The van der Waals surface area contributed by atoms with Crippen LogP contribution < -0.4 is 15.5 Å². The molecule has 7 heteroatoms. The molecule has 2 amide bonds. The Hall–Kier alpha value is -2.67. The number of pyridine rings is 1. The number of hydrogen-bond donors (Lipinski definition) is 1. The number of halogens is 1. The van der Waals surface area contributed by atoms with Crippen LogP contribution in [-0.4, -0.2) is 42.1 Å². The number of urea groups is 1. The topological polar surface area (TPSA) is 65.7 Å². The Labute approximate surface area is 171 Å². The molecule has 0 unspecified atom stereocenters. The Kier molecular flexibility index (Phi) is 5.17. The highest BCUT2D eigenvalue weighted by Gasteiger charge is 2.39. The molecule has 1 fully saturated rings. The van der Waals surface area contributed by atoms with Crippen molar-refractivity contribution >= 4 is 23.2 Å². The number of nitrogens with zero attached hydrogens (tertiary/aromatic N) is 4. The predicted molar refractivity (Wildman–Crippen MR) is 114 cm³/mol. The maximum atomic E-state index is 14.7. The van der Waals surface area contributed by atoms with Crippen LogP contribution in [0.4, 0.5) is 26.4 Å². The lowest BCUT2D eigenvalue weighted by Gasteiger charge is -2.45. The van der Waals surface area contributed by atoms with Gasteiger partial charge in [-0.2, -0.15) is 0 Å². The molecule has 2 aliphatic rings. The van der Waals surface area contributed by atoms with Crippen LogP contribution in [0.1, 0.15) is 36.8 Å². The van der Waals surface area contributed by atoms with Crippen molar-refractivity contribution < 1.29 is 9.18 Å². The van der Waals surface area contributed by atoms with Gasteiger partial charge in [0, 0.05) is 29.9 Å². The second-order valence-electron chi connectivity index (χ2n) is 8.32. The Balaban J connectivity index is 1.78. The molecular weight excluding hydrogens is 369 g/mol. The summed E-state index contributed by atoms with van der Waals surface area (Å²) in [6, 6.07) is 6.93. The van der Waals surface area contributed by atoms with Gasteiger partial charge >= 0.3 is 6.03 Å². The summed E-state index contributed by atoms with van der Waals surface area (Å²) in [5, 5.41) is 0. The third-order valence-electron chi connectivity index (χ3n) is 6.18. The number of carbonyl (C=O) groups is 1. The van der Waals surface area contributed by atoms with Crippen molar-refractivity contribution in [1.29, 1.82) is 0 Å². The quantitative estimate of drug-likeness (QED) is 0.852. The molecule has 0 radical (unpaired) electrons. The summed E-state index contributed by atoms with van der Waals surface area (Å²) >= 11 is 0. The number of nitrogens with two attached hydrogens (primary N) is 1. The minimum atomic E-state index is -0.389. The van der Waals surface area contributed by atoms with Crippen molar-refractivity contribution in [3.63, 3.8) is 0 Å². The molecule has 0 spiro atoms. The number of aromatic nitrogens is 1. The second-order valence-corrected chi connectivity index (χ2v) is 8.32. The Morgan fingerprint density at radius 1 is 1.28 bits per heavy atom. The molecule has 1 aromatic heterocycles. The molecule has 2 atom stereocenters. The normalized spacial score (nSPS) is 22.2. The minimum Gasteiger partial charge on any atom is -0.384 e. The number of hydrogen-bond acceptors (Lipinski definition) is 4. The van der Waals surface area contributed by atoms with Crippen molar-refractivity contribution in [2.45, 2.75) is 51.2 Å². The van der Waals surface area contributed by atoms with Crippen LogP contribution in [0.25, 0.3) is 0 Å². The number of benzene rings is 1. The number of aryl methyl sites for hydroxylation is 1. The standard InChI is InChI=1S/C22H28FN5O/c1-14-6-4-9-18(23)21(14)27-13-15-12-25-20(24)11-19(15)28(22(27)29)17-8-5-7-16(10-17)26(2)3/h4,6,9,11-12,16-17H,5,7-8,10,13H2,1-3H3,(H2,24,25)/t16-,17+/m1/s1. The third kappa shape index (κ3) is 3.55. The van der Waals surface area contributed by atoms with E-state index in [9.17, 15) is 9.18 Å². The molecule has 29 heavy (non-hydrogen) atoms. The fourth-order valence-corrected chi connectivity index (χ4v) is 4.64. The zero-order valence-electron chi connectivity index (χ0n) is 17.2. The molecule has 2 aromatic rings. The first-order valence-corrected chi connectivity index (χ1v) is 10.1. The summed E-state index contributed by atoms with van der Waals surface area (Å²) in [6.45, 7) is 2.11. The largest absolute Gasteiger partial charge is 0.384 e. The van der Waals surface area contributed by atoms with Gasteiger partial charge in [-0.05, 0) is 58.3 Å². The van der Waals surface area contributed by atoms with Gasteiger partial charge in [0.25, 0.3) is 0 Å². The molecule has 1 saturated carbocycles. The Morgan fingerprint density at radius 3 is 2.79 bits per heavy atom. The molecule has 154 valence electrons. The van der Waals surface area contributed by atoms with E-state index < -0.39 is 0 Å². The van der Waals surface area contributed by atoms with Gasteiger partial charge in [-0.1, -0.05) is 12.1 Å². The lowest BCUT2D eigenvalue weighted by molar-refractivity contribution is 0.205. The van der Waals surface area contributed by atoms with Gasteiger partial charge in [0.2, 0.25) is 0 Å². The van der Waals surface area contributed by atoms with Gasteiger partial charge in [0.15, 0.2) is 0 Å². The predicted octanol–water partition coefficient (Wildman–Crippen LogP) is 3.93. The van der Waals surface area contributed by atoms with Crippen LogP contribution in [0.2, 0.25) is 0 Å². The smallest absolute Gasteiger partial charge is 0.329 e. The van der Waals surface area contributed by atoms with Crippen molar-refractivity contribution in [2.75, 3.05) is 29.6 Å². The van der Waals surface area contributed by atoms with E-state index >= 15 is 0 Å². The van der Waals surface area contributed by atoms with Gasteiger partial charge in [0.05, 0.1) is 17.9 Å². The van der Waals surface area contributed by atoms with Crippen molar-refractivity contribution in [1.82, 2.24) is 9.88 Å². The summed E-state index contributed by atoms with van der Waals surface area (Å²) in [5.41, 5.74) is 8.72. The van der Waals surface area contributed by atoms with E-state index in [1.54, 1.807) is 23.2 Å². The van der Waals surface area contributed by atoms with Crippen molar-refractivity contribution in [2.24, 2.45) is 0 Å². The summed E-state index contributed by atoms with van der Waals surface area (Å²) < 4.78 is 14.7. The van der Waals surface area contributed by atoms with E-state index in [0.29, 0.717) is 17.5 Å². The molecule has 4 rings (SSSR count). The molecule has 1 aliphatic heterocycles. The average Bonchev–Trinajstić information content (AvgIpc) is 2.68. The molecule has 1 aromatic carbocycles. The first-order chi connectivity index (χ1) is 13.9. The third-order valence-corrected chi connectivity index (χ3v) is 6.18. The molecule has 0 bridgehead atoms. The maximum absolute atomic E-state index is 14.7.